The van der Waals surface area contributed by atoms with Crippen molar-refractivity contribution in [2.45, 2.75) is 5.66 Å². The molecule has 3 nitrogen and oxygen atoms in total. The third kappa shape index (κ3) is 3.02. The molecule has 4 heteroatoms. The summed E-state index contributed by atoms with van der Waals surface area (Å²) in [5, 5.41) is 0. The van der Waals surface area contributed by atoms with E-state index in [1.807, 2.05) is 12.1 Å². The summed E-state index contributed by atoms with van der Waals surface area (Å²) in [5.41, 5.74) is -0.0295. The molecule has 0 aliphatic carbocycles. The van der Waals surface area contributed by atoms with Crippen LogP contribution in [0.15, 0.2) is 60.7 Å². The van der Waals surface area contributed by atoms with Gasteiger partial charge in [0.25, 0.3) is 5.66 Å². The highest BCUT2D eigenvalue weighted by Gasteiger charge is 2.30. The SMILES string of the molecule is O=[PH+]C(C(=O)Oc1ccccc1)c1ccccc1. The molecular formula is C14H12O3P+. The molecule has 2 unspecified atom stereocenters. The van der Waals surface area contributed by atoms with E-state index in [1.165, 1.54) is 0 Å². The molecule has 18 heavy (non-hydrogen) atoms. The maximum atomic E-state index is 11.9. The van der Waals surface area contributed by atoms with Crippen molar-refractivity contribution in [3.63, 3.8) is 0 Å². The summed E-state index contributed by atoms with van der Waals surface area (Å²) in [5.74, 6) is -0.0394. The molecule has 0 radical (unpaired) electrons. The number of rotatable bonds is 4. The van der Waals surface area contributed by atoms with E-state index in [0.717, 1.165) is 0 Å². The number of hydrogen-bond donors (Lipinski definition) is 0. The van der Waals surface area contributed by atoms with Gasteiger partial charge in [-0.3, -0.25) is 0 Å². The lowest BCUT2D eigenvalue weighted by molar-refractivity contribution is -0.134. The van der Waals surface area contributed by atoms with Gasteiger partial charge in [-0.1, -0.05) is 53.1 Å². The van der Waals surface area contributed by atoms with Crippen molar-refractivity contribution >= 4 is 14.4 Å². The largest absolute Gasteiger partial charge is 0.423 e. The first-order valence-corrected chi connectivity index (χ1v) is 6.49. The molecule has 2 rings (SSSR count). The van der Waals surface area contributed by atoms with E-state index in [0.29, 0.717) is 11.3 Å². The molecule has 0 aromatic heterocycles. The van der Waals surface area contributed by atoms with Gasteiger partial charge in [-0.15, -0.1) is 0 Å². The van der Waals surface area contributed by atoms with Gasteiger partial charge in [-0.05, 0) is 12.1 Å². The minimum Gasteiger partial charge on any atom is -0.423 e. The number of hydrogen-bond acceptors (Lipinski definition) is 3. The van der Waals surface area contributed by atoms with Crippen LogP contribution in [0, 0.1) is 0 Å². The fourth-order valence-corrected chi connectivity index (χ4v) is 2.05. The molecule has 2 aromatic carbocycles. The summed E-state index contributed by atoms with van der Waals surface area (Å²) in [7, 11) is -0.766. The number of ether oxygens (including phenoxy) is 1. The Morgan fingerprint density at radius 1 is 0.944 bits per heavy atom. The van der Waals surface area contributed by atoms with Gasteiger partial charge in [-0.2, -0.15) is 0 Å². The number of para-hydroxylation sites is 1. The molecule has 0 saturated heterocycles. The second-order valence-corrected chi connectivity index (χ2v) is 4.51. The summed E-state index contributed by atoms with van der Waals surface area (Å²) in [4.78, 5) is 11.9. The van der Waals surface area contributed by atoms with Gasteiger partial charge in [0.2, 0.25) is 0 Å². The van der Waals surface area contributed by atoms with Crippen molar-refractivity contribution in [2.75, 3.05) is 0 Å². The Morgan fingerprint density at radius 3 is 2.06 bits per heavy atom. The molecule has 0 heterocycles. The molecule has 0 fully saturated rings. The predicted molar refractivity (Wildman–Crippen MR) is 70.3 cm³/mol. The van der Waals surface area contributed by atoms with E-state index in [4.69, 9.17) is 4.74 Å². The highest BCUT2D eigenvalue weighted by atomic mass is 31.1. The first kappa shape index (κ1) is 12.5. The first-order chi connectivity index (χ1) is 8.81. The topological polar surface area (TPSA) is 43.4 Å². The predicted octanol–water partition coefficient (Wildman–Crippen LogP) is 3.36. The first-order valence-electron chi connectivity index (χ1n) is 5.50. The molecule has 0 saturated carbocycles. The van der Waals surface area contributed by atoms with E-state index in [9.17, 15) is 9.36 Å². The molecule has 2 aromatic rings. The van der Waals surface area contributed by atoms with Crippen LogP contribution in [-0.4, -0.2) is 5.97 Å². The van der Waals surface area contributed by atoms with Gasteiger partial charge in [-0.25, -0.2) is 4.79 Å². The highest BCUT2D eigenvalue weighted by molar-refractivity contribution is 7.25. The summed E-state index contributed by atoms with van der Waals surface area (Å²) in [6.07, 6.45) is 0. The van der Waals surface area contributed by atoms with E-state index in [-0.39, 0.29) is 0 Å². The summed E-state index contributed by atoms with van der Waals surface area (Å²) in [6, 6.07) is 17.7. The van der Waals surface area contributed by atoms with E-state index < -0.39 is 20.1 Å². The number of benzene rings is 2. The van der Waals surface area contributed by atoms with Gasteiger partial charge in [0.05, 0.1) is 0 Å². The maximum absolute atomic E-state index is 11.9. The van der Waals surface area contributed by atoms with Crippen molar-refractivity contribution in [3.8, 4) is 5.75 Å². The third-order valence-corrected chi connectivity index (χ3v) is 3.25. The Hall–Kier alpha value is -1.99. The van der Waals surface area contributed by atoms with Crippen LogP contribution in [0.2, 0.25) is 0 Å². The summed E-state index contributed by atoms with van der Waals surface area (Å²) < 4.78 is 16.4. The second-order valence-electron chi connectivity index (χ2n) is 3.70. The lowest BCUT2D eigenvalue weighted by Crippen LogP contribution is -2.14. The molecule has 0 N–H and O–H groups in total. The van der Waals surface area contributed by atoms with Crippen LogP contribution < -0.4 is 4.74 Å². The number of carbonyl (C=O) groups is 1. The van der Waals surface area contributed by atoms with Crippen molar-refractivity contribution in [1.29, 1.82) is 0 Å². The lowest BCUT2D eigenvalue weighted by atomic mass is 10.1. The standard InChI is InChI=1S/C14H11O3P/c15-14(17-12-9-5-2-6-10-12)13(18-16)11-7-3-1-4-8-11/h1-10,13H/p+1. The van der Waals surface area contributed by atoms with Gasteiger partial charge in [0.1, 0.15) is 5.75 Å². The smallest absolute Gasteiger partial charge is 0.368 e. The zero-order chi connectivity index (χ0) is 12.8. The molecule has 0 spiro atoms. The third-order valence-electron chi connectivity index (χ3n) is 2.45. The fraction of sp³-hybridized carbons (Fsp3) is 0.0714. The summed E-state index contributed by atoms with van der Waals surface area (Å²) in [6.45, 7) is 0. The highest BCUT2D eigenvalue weighted by Crippen LogP contribution is 2.28. The van der Waals surface area contributed by atoms with Gasteiger partial charge >= 0.3 is 14.4 Å². The van der Waals surface area contributed by atoms with Gasteiger partial charge in [0, 0.05) is 5.56 Å². The van der Waals surface area contributed by atoms with Gasteiger partial charge < -0.3 is 4.74 Å². The molecule has 0 aliphatic heterocycles. The Labute approximate surface area is 107 Å². The minimum absolute atomic E-state index is 0.460. The van der Waals surface area contributed by atoms with E-state index in [1.54, 1.807) is 48.5 Å². The van der Waals surface area contributed by atoms with E-state index >= 15 is 0 Å². The molecule has 0 amide bonds. The number of esters is 1. The Balaban J connectivity index is 2.14. The molecule has 0 bridgehead atoms. The minimum atomic E-state index is -0.766. The Bertz CT molecular complexity index is 525. The van der Waals surface area contributed by atoms with E-state index in [2.05, 4.69) is 0 Å². The van der Waals surface area contributed by atoms with Crippen LogP contribution in [-0.2, 0) is 9.36 Å². The van der Waals surface area contributed by atoms with Crippen molar-refractivity contribution in [2.24, 2.45) is 0 Å². The van der Waals surface area contributed by atoms with Gasteiger partial charge in [0.15, 0.2) is 0 Å². The Morgan fingerprint density at radius 2 is 1.50 bits per heavy atom. The van der Waals surface area contributed by atoms with Crippen LogP contribution in [0.3, 0.4) is 0 Å². The summed E-state index contributed by atoms with van der Waals surface area (Å²) >= 11 is 0. The van der Waals surface area contributed by atoms with Crippen molar-refractivity contribution in [1.82, 2.24) is 0 Å². The van der Waals surface area contributed by atoms with Crippen LogP contribution in [0.1, 0.15) is 11.2 Å². The quantitative estimate of drug-likeness (QED) is 0.480. The lowest BCUT2D eigenvalue weighted by Gasteiger charge is -2.05. The molecule has 90 valence electrons. The van der Waals surface area contributed by atoms with Crippen molar-refractivity contribution < 1.29 is 14.1 Å². The number of carbonyl (C=O) groups excluding carboxylic acids is 1. The zero-order valence-corrected chi connectivity index (χ0v) is 10.6. The normalized spacial score (nSPS) is 12.0. The maximum Gasteiger partial charge on any atom is 0.368 e. The monoisotopic (exact) mass is 259 g/mol. The fourth-order valence-electron chi connectivity index (χ4n) is 1.56. The van der Waals surface area contributed by atoms with Crippen LogP contribution in [0.4, 0.5) is 0 Å². The average molecular weight is 259 g/mol. The second kappa shape index (κ2) is 6.08. The molecular weight excluding hydrogens is 247 g/mol. The van der Waals surface area contributed by atoms with Crippen LogP contribution in [0.25, 0.3) is 0 Å². The Kier molecular flexibility index (Phi) is 4.21. The zero-order valence-electron chi connectivity index (χ0n) is 9.58. The molecule has 0 aliphatic rings. The van der Waals surface area contributed by atoms with Crippen LogP contribution >= 0.6 is 8.46 Å². The van der Waals surface area contributed by atoms with Crippen LogP contribution in [0.5, 0.6) is 5.75 Å². The average Bonchev–Trinajstić information content (AvgIpc) is 2.42. The van der Waals surface area contributed by atoms with Crippen molar-refractivity contribution in [3.05, 3.63) is 66.2 Å². The molecule has 2 atom stereocenters.